The van der Waals surface area contributed by atoms with E-state index in [4.69, 9.17) is 0 Å². The molecule has 0 fully saturated rings. The number of aryl methyl sites for hydroxylation is 2. The van der Waals surface area contributed by atoms with E-state index in [1.807, 2.05) is 44.4 Å². The number of nitrogens with one attached hydrogen (secondary N) is 1. The third-order valence-electron chi connectivity index (χ3n) is 3.21. The van der Waals surface area contributed by atoms with Crippen LogP contribution < -0.4 is 5.32 Å². The molecule has 0 radical (unpaired) electrons. The first-order chi connectivity index (χ1) is 10.2. The van der Waals surface area contributed by atoms with Crippen LogP contribution in [0.2, 0.25) is 0 Å². The average Bonchev–Trinajstić information content (AvgIpc) is 2.84. The van der Waals surface area contributed by atoms with Crippen LogP contribution in [0.1, 0.15) is 11.4 Å². The van der Waals surface area contributed by atoms with Gasteiger partial charge in [-0.25, -0.2) is 4.68 Å². The molecule has 0 spiro atoms. The Hall–Kier alpha value is -2.69. The number of aromatic nitrogens is 4. The quantitative estimate of drug-likeness (QED) is 0.798. The Kier molecular flexibility index (Phi) is 3.64. The summed E-state index contributed by atoms with van der Waals surface area (Å²) in [6, 6.07) is 14.3. The van der Waals surface area contributed by atoms with Crippen LogP contribution in [0.25, 0.3) is 11.3 Å². The van der Waals surface area contributed by atoms with Gasteiger partial charge in [0.25, 0.3) is 0 Å². The number of rotatable bonds is 4. The van der Waals surface area contributed by atoms with Crippen molar-refractivity contribution in [1.29, 1.82) is 0 Å². The van der Waals surface area contributed by atoms with Crippen LogP contribution in [-0.2, 0) is 13.6 Å². The SMILES string of the molecule is Cc1nc(NCc2cccc(-c3ccccn3)c2)n(C)n1. The van der Waals surface area contributed by atoms with Crippen LogP contribution in [0.3, 0.4) is 0 Å². The molecule has 0 atom stereocenters. The van der Waals surface area contributed by atoms with Crippen LogP contribution >= 0.6 is 0 Å². The fraction of sp³-hybridized carbons (Fsp3) is 0.188. The Bertz CT molecular complexity index is 733. The zero-order valence-electron chi connectivity index (χ0n) is 12.1. The first kappa shape index (κ1) is 13.3. The smallest absolute Gasteiger partial charge is 0.221 e. The number of hydrogen-bond acceptors (Lipinski definition) is 4. The highest BCUT2D eigenvalue weighted by molar-refractivity contribution is 5.59. The van der Waals surface area contributed by atoms with Crippen molar-refractivity contribution in [2.75, 3.05) is 5.32 Å². The highest BCUT2D eigenvalue weighted by Crippen LogP contribution is 2.18. The number of anilines is 1. The second-order valence-corrected chi connectivity index (χ2v) is 4.88. The van der Waals surface area contributed by atoms with Crippen LogP contribution in [0.5, 0.6) is 0 Å². The number of benzene rings is 1. The Labute approximate surface area is 123 Å². The molecule has 0 saturated carbocycles. The molecule has 5 nitrogen and oxygen atoms in total. The van der Waals surface area contributed by atoms with E-state index in [-0.39, 0.29) is 0 Å². The lowest BCUT2D eigenvalue weighted by Gasteiger charge is -2.07. The van der Waals surface area contributed by atoms with Crippen molar-refractivity contribution in [2.24, 2.45) is 7.05 Å². The summed E-state index contributed by atoms with van der Waals surface area (Å²) in [7, 11) is 1.88. The van der Waals surface area contributed by atoms with E-state index in [1.54, 1.807) is 4.68 Å². The van der Waals surface area contributed by atoms with Crippen molar-refractivity contribution in [3.63, 3.8) is 0 Å². The average molecular weight is 279 g/mol. The molecular formula is C16H17N5. The molecule has 0 aliphatic rings. The van der Waals surface area contributed by atoms with Gasteiger partial charge in [0.2, 0.25) is 5.95 Å². The van der Waals surface area contributed by atoms with Crippen LogP contribution in [-0.4, -0.2) is 19.7 Å². The Morgan fingerprint density at radius 3 is 2.76 bits per heavy atom. The van der Waals surface area contributed by atoms with Gasteiger partial charge in [-0.1, -0.05) is 24.3 Å². The molecule has 0 amide bonds. The number of nitrogens with zero attached hydrogens (tertiary/aromatic N) is 4. The molecule has 1 aromatic carbocycles. The minimum atomic E-state index is 0.701. The number of hydrogen-bond donors (Lipinski definition) is 1. The zero-order chi connectivity index (χ0) is 14.7. The van der Waals surface area contributed by atoms with Gasteiger partial charge in [0.15, 0.2) is 0 Å². The molecule has 2 heterocycles. The van der Waals surface area contributed by atoms with E-state index >= 15 is 0 Å². The lowest BCUT2D eigenvalue weighted by molar-refractivity contribution is 0.757. The number of pyridine rings is 1. The third-order valence-corrected chi connectivity index (χ3v) is 3.21. The predicted octanol–water partition coefficient (Wildman–Crippen LogP) is 2.80. The second kappa shape index (κ2) is 5.75. The van der Waals surface area contributed by atoms with Crippen molar-refractivity contribution in [3.05, 3.63) is 60.0 Å². The van der Waals surface area contributed by atoms with Crippen molar-refractivity contribution in [1.82, 2.24) is 19.7 Å². The van der Waals surface area contributed by atoms with E-state index in [0.29, 0.717) is 6.54 Å². The van der Waals surface area contributed by atoms with Crippen LogP contribution in [0.4, 0.5) is 5.95 Å². The molecular weight excluding hydrogens is 262 g/mol. The lowest BCUT2D eigenvalue weighted by Crippen LogP contribution is -2.05. The van der Waals surface area contributed by atoms with Gasteiger partial charge >= 0.3 is 0 Å². The van der Waals surface area contributed by atoms with Gasteiger partial charge in [-0.3, -0.25) is 4.98 Å². The highest BCUT2D eigenvalue weighted by atomic mass is 15.4. The standard InChI is InChI=1S/C16H17N5/c1-12-19-16(21(2)20-12)18-11-13-6-5-7-14(10-13)15-8-3-4-9-17-15/h3-10H,11H2,1-2H3,(H,18,19,20). The van der Waals surface area contributed by atoms with Crippen molar-refractivity contribution >= 4 is 5.95 Å². The lowest BCUT2D eigenvalue weighted by atomic mass is 10.1. The Morgan fingerprint density at radius 2 is 2.05 bits per heavy atom. The normalized spacial score (nSPS) is 10.6. The summed E-state index contributed by atoms with van der Waals surface area (Å²) in [5.41, 5.74) is 3.27. The molecule has 0 unspecified atom stereocenters. The van der Waals surface area contributed by atoms with Crippen molar-refractivity contribution < 1.29 is 0 Å². The maximum atomic E-state index is 4.38. The van der Waals surface area contributed by atoms with Gasteiger partial charge in [0.1, 0.15) is 5.82 Å². The van der Waals surface area contributed by atoms with Gasteiger partial charge in [-0.15, -0.1) is 0 Å². The largest absolute Gasteiger partial charge is 0.350 e. The van der Waals surface area contributed by atoms with E-state index in [2.05, 4.69) is 38.6 Å². The van der Waals surface area contributed by atoms with Gasteiger partial charge in [0.05, 0.1) is 5.69 Å². The molecule has 5 heteroatoms. The summed E-state index contributed by atoms with van der Waals surface area (Å²) in [5, 5.41) is 7.52. The van der Waals surface area contributed by atoms with Crippen molar-refractivity contribution in [2.45, 2.75) is 13.5 Å². The third kappa shape index (κ3) is 3.08. The summed E-state index contributed by atoms with van der Waals surface area (Å²) >= 11 is 0. The molecule has 21 heavy (non-hydrogen) atoms. The molecule has 2 aromatic heterocycles. The Morgan fingerprint density at radius 1 is 1.14 bits per heavy atom. The first-order valence-corrected chi connectivity index (χ1v) is 6.84. The zero-order valence-corrected chi connectivity index (χ0v) is 12.1. The summed E-state index contributed by atoms with van der Waals surface area (Å²) in [6.07, 6.45) is 1.81. The summed E-state index contributed by atoms with van der Waals surface area (Å²) in [6.45, 7) is 2.58. The summed E-state index contributed by atoms with van der Waals surface area (Å²) in [4.78, 5) is 8.71. The molecule has 0 aliphatic heterocycles. The summed E-state index contributed by atoms with van der Waals surface area (Å²) in [5.74, 6) is 1.54. The van der Waals surface area contributed by atoms with Crippen LogP contribution in [0, 0.1) is 6.92 Å². The highest BCUT2D eigenvalue weighted by Gasteiger charge is 2.04. The molecule has 3 aromatic rings. The molecule has 0 saturated heterocycles. The molecule has 106 valence electrons. The van der Waals surface area contributed by atoms with Gasteiger partial charge in [-0.2, -0.15) is 10.1 Å². The minimum absolute atomic E-state index is 0.701. The molecule has 3 rings (SSSR count). The van der Waals surface area contributed by atoms with Crippen LogP contribution in [0.15, 0.2) is 48.7 Å². The molecule has 0 aliphatic carbocycles. The Balaban J connectivity index is 1.76. The van der Waals surface area contributed by atoms with Gasteiger partial charge < -0.3 is 5.32 Å². The van der Waals surface area contributed by atoms with E-state index in [9.17, 15) is 0 Å². The monoisotopic (exact) mass is 279 g/mol. The van der Waals surface area contributed by atoms with E-state index in [0.717, 1.165) is 23.0 Å². The molecule has 0 bridgehead atoms. The fourth-order valence-corrected chi connectivity index (χ4v) is 2.22. The maximum absolute atomic E-state index is 4.38. The minimum Gasteiger partial charge on any atom is -0.350 e. The van der Waals surface area contributed by atoms with E-state index in [1.165, 1.54) is 5.56 Å². The van der Waals surface area contributed by atoms with Gasteiger partial charge in [-0.05, 0) is 30.7 Å². The molecule has 1 N–H and O–H groups in total. The fourth-order valence-electron chi connectivity index (χ4n) is 2.22. The van der Waals surface area contributed by atoms with Crippen molar-refractivity contribution in [3.8, 4) is 11.3 Å². The summed E-state index contributed by atoms with van der Waals surface area (Å²) < 4.78 is 1.75. The van der Waals surface area contributed by atoms with Gasteiger partial charge in [0, 0.05) is 25.4 Å². The predicted molar refractivity (Wildman–Crippen MR) is 82.7 cm³/mol. The van der Waals surface area contributed by atoms with E-state index < -0.39 is 0 Å². The topological polar surface area (TPSA) is 55.6 Å². The second-order valence-electron chi connectivity index (χ2n) is 4.88. The first-order valence-electron chi connectivity index (χ1n) is 6.84. The maximum Gasteiger partial charge on any atom is 0.221 e.